The molecule has 41 heavy (non-hydrogen) atoms. The molecular weight excluding hydrogens is 517 g/mol. The molecule has 1 saturated carbocycles. The zero-order valence-electron chi connectivity index (χ0n) is 24.3. The van der Waals surface area contributed by atoms with Crippen LogP contribution in [0.5, 0.6) is 11.5 Å². The standard InChI is InChI=1S/C35H40FNO4/c1-38-33-30(29-11-7-10-25-20-27(12-13-28(25)29)41-23-24-8-5-4-6-9-24)14-15-31(32(33)36)37-18-16-35(17-19-37)21-26(22-35)34(39-2)40-3/h4-6,8-9,11-15,20,26,34H,7,10,16-19,21-23H2,1-3H3. The number of ether oxygens (including phenoxy) is 4. The number of benzene rings is 3. The topological polar surface area (TPSA) is 40.2 Å². The zero-order valence-corrected chi connectivity index (χ0v) is 24.3. The molecule has 2 aliphatic carbocycles. The molecular formula is C35H40FNO4. The van der Waals surface area contributed by atoms with Crippen LogP contribution in [0.2, 0.25) is 0 Å². The SMILES string of the molecule is COc1c(C2=CCCc3cc(OCc4ccccc4)ccc32)ccc(N2CCC3(CC2)CC(C(OC)OC)C3)c1F. The Balaban J connectivity index is 1.17. The normalized spacial score (nSPS) is 18.2. The van der Waals surface area contributed by atoms with E-state index in [0.29, 0.717) is 29.4 Å². The number of nitrogens with zero attached hydrogens (tertiary/aromatic N) is 1. The van der Waals surface area contributed by atoms with Gasteiger partial charge in [-0.15, -0.1) is 0 Å². The lowest BCUT2D eigenvalue weighted by Gasteiger charge is -2.54. The van der Waals surface area contributed by atoms with Crippen LogP contribution in [0.25, 0.3) is 5.57 Å². The Kier molecular flexibility index (Phi) is 8.05. The molecule has 3 aromatic rings. The Morgan fingerprint density at radius 3 is 2.37 bits per heavy atom. The van der Waals surface area contributed by atoms with Gasteiger partial charge in [-0.2, -0.15) is 0 Å². The smallest absolute Gasteiger partial charge is 0.188 e. The van der Waals surface area contributed by atoms with Crippen molar-refractivity contribution in [2.24, 2.45) is 11.3 Å². The van der Waals surface area contributed by atoms with Crippen LogP contribution in [0, 0.1) is 17.2 Å². The summed E-state index contributed by atoms with van der Waals surface area (Å²) in [6.07, 6.45) is 8.24. The fraction of sp³-hybridized carbons (Fsp3) is 0.429. The van der Waals surface area contributed by atoms with Gasteiger partial charge in [0.25, 0.3) is 0 Å². The molecule has 1 heterocycles. The van der Waals surface area contributed by atoms with Gasteiger partial charge in [-0.1, -0.05) is 42.5 Å². The van der Waals surface area contributed by atoms with Gasteiger partial charge < -0.3 is 23.8 Å². The molecule has 0 N–H and O–H groups in total. The molecule has 0 atom stereocenters. The first-order valence-corrected chi connectivity index (χ1v) is 14.7. The van der Waals surface area contributed by atoms with Gasteiger partial charge >= 0.3 is 0 Å². The number of aryl methyl sites for hydroxylation is 1. The van der Waals surface area contributed by atoms with E-state index in [2.05, 4.69) is 35.2 Å². The lowest BCUT2D eigenvalue weighted by atomic mass is 9.57. The molecule has 3 aliphatic rings. The highest BCUT2D eigenvalue weighted by Crippen LogP contribution is 2.54. The summed E-state index contributed by atoms with van der Waals surface area (Å²) < 4.78 is 38.8. The van der Waals surface area contributed by atoms with Crippen molar-refractivity contribution in [2.75, 3.05) is 39.3 Å². The molecule has 216 valence electrons. The Hall–Kier alpha value is -3.35. The molecule has 0 unspecified atom stereocenters. The van der Waals surface area contributed by atoms with Crippen LogP contribution >= 0.6 is 0 Å². The summed E-state index contributed by atoms with van der Waals surface area (Å²) in [4.78, 5) is 2.18. The number of methoxy groups -OCH3 is 3. The lowest BCUT2D eigenvalue weighted by Crippen LogP contribution is -2.50. The molecule has 0 bridgehead atoms. The van der Waals surface area contributed by atoms with E-state index >= 15 is 4.39 Å². The van der Waals surface area contributed by atoms with Crippen LogP contribution < -0.4 is 14.4 Å². The molecule has 5 nitrogen and oxygen atoms in total. The number of piperidine rings is 1. The van der Waals surface area contributed by atoms with E-state index in [1.807, 2.05) is 36.4 Å². The Morgan fingerprint density at radius 2 is 1.66 bits per heavy atom. The Morgan fingerprint density at radius 1 is 0.927 bits per heavy atom. The predicted octanol–water partition coefficient (Wildman–Crippen LogP) is 7.41. The van der Waals surface area contributed by atoms with Crippen LogP contribution in [0.3, 0.4) is 0 Å². The monoisotopic (exact) mass is 557 g/mol. The minimum Gasteiger partial charge on any atom is -0.493 e. The van der Waals surface area contributed by atoms with E-state index in [9.17, 15) is 0 Å². The molecule has 1 saturated heterocycles. The van der Waals surface area contributed by atoms with Crippen LogP contribution in [0.4, 0.5) is 10.1 Å². The number of halogens is 1. The summed E-state index contributed by atoms with van der Waals surface area (Å²) >= 11 is 0. The first-order valence-electron chi connectivity index (χ1n) is 14.7. The van der Waals surface area contributed by atoms with Crippen molar-refractivity contribution in [3.05, 3.63) is 94.8 Å². The number of rotatable bonds is 9. The highest BCUT2D eigenvalue weighted by Gasteiger charge is 2.49. The molecule has 0 aromatic heterocycles. The quantitative estimate of drug-likeness (QED) is 0.256. The van der Waals surface area contributed by atoms with Crippen molar-refractivity contribution in [2.45, 2.75) is 51.4 Å². The van der Waals surface area contributed by atoms with Gasteiger partial charge in [0.1, 0.15) is 12.4 Å². The molecule has 3 aromatic carbocycles. The van der Waals surface area contributed by atoms with E-state index in [1.165, 1.54) is 5.56 Å². The van der Waals surface area contributed by atoms with Crippen molar-refractivity contribution in [3.8, 4) is 11.5 Å². The molecule has 0 radical (unpaired) electrons. The first-order chi connectivity index (χ1) is 20.0. The van der Waals surface area contributed by atoms with Crippen molar-refractivity contribution in [3.63, 3.8) is 0 Å². The minimum absolute atomic E-state index is 0.125. The summed E-state index contributed by atoms with van der Waals surface area (Å²) in [5.74, 6) is 1.34. The van der Waals surface area contributed by atoms with Crippen molar-refractivity contribution in [1.29, 1.82) is 0 Å². The minimum atomic E-state index is -0.276. The second-order valence-electron chi connectivity index (χ2n) is 11.7. The van der Waals surface area contributed by atoms with Crippen molar-refractivity contribution in [1.82, 2.24) is 0 Å². The number of hydrogen-bond acceptors (Lipinski definition) is 5. The molecule has 1 aliphatic heterocycles. The maximum atomic E-state index is 16.1. The summed E-state index contributed by atoms with van der Waals surface area (Å²) in [7, 11) is 4.99. The van der Waals surface area contributed by atoms with E-state index in [4.69, 9.17) is 18.9 Å². The molecule has 6 rings (SSSR count). The van der Waals surface area contributed by atoms with Gasteiger partial charge in [0.2, 0.25) is 0 Å². The third-order valence-corrected chi connectivity index (χ3v) is 9.35. The van der Waals surface area contributed by atoms with Crippen LogP contribution in [-0.2, 0) is 22.5 Å². The van der Waals surface area contributed by atoms with E-state index in [1.54, 1.807) is 21.3 Å². The van der Waals surface area contributed by atoms with Gasteiger partial charge in [0, 0.05) is 38.8 Å². The van der Waals surface area contributed by atoms with Gasteiger partial charge in [-0.25, -0.2) is 4.39 Å². The fourth-order valence-electron chi connectivity index (χ4n) is 7.17. The predicted molar refractivity (Wildman–Crippen MR) is 160 cm³/mol. The largest absolute Gasteiger partial charge is 0.493 e. The van der Waals surface area contributed by atoms with Crippen LogP contribution in [0.15, 0.2) is 66.7 Å². The highest BCUT2D eigenvalue weighted by atomic mass is 19.1. The molecule has 6 heteroatoms. The van der Waals surface area contributed by atoms with Crippen molar-refractivity contribution >= 4 is 11.3 Å². The summed E-state index contributed by atoms with van der Waals surface area (Å²) in [5.41, 5.74) is 6.24. The first kappa shape index (κ1) is 27.8. The number of anilines is 1. The fourth-order valence-corrected chi connectivity index (χ4v) is 7.17. The van der Waals surface area contributed by atoms with E-state index in [0.717, 1.165) is 79.6 Å². The van der Waals surface area contributed by atoms with Gasteiger partial charge in [0.15, 0.2) is 17.9 Å². The molecule has 0 amide bonds. The highest BCUT2D eigenvalue weighted by molar-refractivity contribution is 5.86. The van der Waals surface area contributed by atoms with Gasteiger partial charge in [-0.3, -0.25) is 0 Å². The summed E-state index contributed by atoms with van der Waals surface area (Å²) in [6, 6.07) is 20.4. The average molecular weight is 558 g/mol. The van der Waals surface area contributed by atoms with Crippen LogP contribution in [0.1, 0.15) is 54.4 Å². The molecule has 2 fully saturated rings. The second-order valence-corrected chi connectivity index (χ2v) is 11.7. The maximum Gasteiger partial charge on any atom is 0.188 e. The second kappa shape index (κ2) is 11.9. The van der Waals surface area contributed by atoms with E-state index < -0.39 is 0 Å². The van der Waals surface area contributed by atoms with E-state index in [-0.39, 0.29) is 12.1 Å². The number of allylic oxidation sites excluding steroid dienone is 1. The zero-order chi connectivity index (χ0) is 28.4. The lowest BCUT2D eigenvalue weighted by molar-refractivity contribution is -0.184. The number of hydrogen-bond donors (Lipinski definition) is 0. The summed E-state index contributed by atoms with van der Waals surface area (Å²) in [6.45, 7) is 2.21. The molecule has 1 spiro atoms. The maximum absolute atomic E-state index is 16.1. The average Bonchev–Trinajstić information content (AvgIpc) is 3.00. The van der Waals surface area contributed by atoms with Crippen molar-refractivity contribution < 1.29 is 23.3 Å². The Bertz CT molecular complexity index is 1380. The third-order valence-electron chi connectivity index (χ3n) is 9.35. The number of fused-ring (bicyclic) bond motifs is 1. The van der Waals surface area contributed by atoms with Gasteiger partial charge in [-0.05, 0) is 90.5 Å². The van der Waals surface area contributed by atoms with Gasteiger partial charge in [0.05, 0.1) is 12.8 Å². The summed E-state index contributed by atoms with van der Waals surface area (Å²) in [5, 5.41) is 0. The van der Waals surface area contributed by atoms with Crippen LogP contribution in [-0.4, -0.2) is 40.7 Å². The Labute approximate surface area is 242 Å². The third kappa shape index (κ3) is 5.47.